The first kappa shape index (κ1) is 22.7. The summed E-state index contributed by atoms with van der Waals surface area (Å²) in [5, 5.41) is 2.87. The predicted molar refractivity (Wildman–Crippen MR) is 121 cm³/mol. The Morgan fingerprint density at radius 3 is 2.44 bits per heavy atom. The van der Waals surface area contributed by atoms with Crippen LogP contribution >= 0.6 is 0 Å². The van der Waals surface area contributed by atoms with Gasteiger partial charge in [-0.15, -0.1) is 0 Å². The highest BCUT2D eigenvalue weighted by molar-refractivity contribution is 7.89. The summed E-state index contributed by atoms with van der Waals surface area (Å²) in [6.07, 6.45) is 2.98. The molecular formula is C23H28FN3O4S. The number of anilines is 2. The lowest BCUT2D eigenvalue weighted by Gasteiger charge is -2.33. The van der Waals surface area contributed by atoms with Gasteiger partial charge in [-0.3, -0.25) is 4.79 Å². The highest BCUT2D eigenvalue weighted by atomic mass is 32.2. The molecule has 0 saturated carbocycles. The van der Waals surface area contributed by atoms with Gasteiger partial charge in [0.15, 0.2) is 0 Å². The van der Waals surface area contributed by atoms with Crippen LogP contribution in [0.4, 0.5) is 15.8 Å². The number of halogens is 1. The average Bonchev–Trinajstić information content (AvgIpc) is 3.33. The van der Waals surface area contributed by atoms with Crippen LogP contribution in [0.25, 0.3) is 0 Å². The molecule has 7 nitrogen and oxygen atoms in total. The summed E-state index contributed by atoms with van der Waals surface area (Å²) in [6.45, 7) is 2.13. The molecule has 2 aliphatic rings. The van der Waals surface area contributed by atoms with Crippen LogP contribution in [0.15, 0.2) is 53.4 Å². The van der Waals surface area contributed by atoms with Crippen molar-refractivity contribution < 1.29 is 22.3 Å². The minimum absolute atomic E-state index is 0.0758. The maximum Gasteiger partial charge on any atom is 0.240 e. The van der Waals surface area contributed by atoms with Crippen LogP contribution in [0.2, 0.25) is 0 Å². The van der Waals surface area contributed by atoms with Crippen LogP contribution in [0.1, 0.15) is 25.7 Å². The van der Waals surface area contributed by atoms with Gasteiger partial charge < -0.3 is 15.0 Å². The molecule has 1 amide bonds. The lowest BCUT2D eigenvalue weighted by Crippen LogP contribution is -2.38. The summed E-state index contributed by atoms with van der Waals surface area (Å²) in [5.41, 5.74) is 1.11. The standard InChI is InChI=1S/C23H28FN3O4S/c24-21-5-1-2-6-22(21)27-13-11-17(12-14-27)23(28)26-18-7-9-20(10-8-18)32(29,30)25-16-19-4-3-15-31-19/h1-2,5-10,17,19,25H,3-4,11-16H2,(H,26,28). The molecule has 0 bridgehead atoms. The van der Waals surface area contributed by atoms with Gasteiger partial charge in [0.1, 0.15) is 5.82 Å². The van der Waals surface area contributed by atoms with Gasteiger partial charge in [0.25, 0.3) is 0 Å². The zero-order valence-electron chi connectivity index (χ0n) is 17.8. The molecule has 0 aromatic heterocycles. The van der Waals surface area contributed by atoms with E-state index in [-0.39, 0.29) is 35.2 Å². The molecule has 0 aliphatic carbocycles. The zero-order chi connectivity index (χ0) is 22.6. The second-order valence-electron chi connectivity index (χ2n) is 8.21. The van der Waals surface area contributed by atoms with Crippen LogP contribution in [-0.4, -0.2) is 46.7 Å². The Labute approximate surface area is 188 Å². The van der Waals surface area contributed by atoms with E-state index >= 15 is 0 Å². The van der Waals surface area contributed by atoms with E-state index in [1.807, 2.05) is 4.90 Å². The third-order valence-corrected chi connectivity index (χ3v) is 7.46. The molecule has 2 N–H and O–H groups in total. The molecule has 0 radical (unpaired) electrons. The predicted octanol–water partition coefficient (Wildman–Crippen LogP) is 3.14. The number of benzene rings is 2. The molecule has 2 fully saturated rings. The first-order valence-electron chi connectivity index (χ1n) is 10.9. The minimum atomic E-state index is -3.63. The van der Waals surface area contributed by atoms with Gasteiger partial charge in [0, 0.05) is 37.8 Å². The number of nitrogens with zero attached hydrogens (tertiary/aromatic N) is 1. The molecule has 2 saturated heterocycles. The van der Waals surface area contributed by atoms with E-state index in [0.717, 1.165) is 12.8 Å². The molecule has 2 heterocycles. The highest BCUT2D eigenvalue weighted by Crippen LogP contribution is 2.26. The molecule has 32 heavy (non-hydrogen) atoms. The molecule has 2 aromatic carbocycles. The van der Waals surface area contributed by atoms with Gasteiger partial charge in [-0.25, -0.2) is 17.5 Å². The Bertz CT molecular complexity index is 1030. The number of ether oxygens (including phenoxy) is 1. The van der Waals surface area contributed by atoms with Crippen molar-refractivity contribution in [3.63, 3.8) is 0 Å². The normalized spacial score (nSPS) is 19.8. The van der Waals surface area contributed by atoms with E-state index in [1.165, 1.54) is 18.2 Å². The number of para-hydroxylation sites is 1. The van der Waals surface area contributed by atoms with Crippen molar-refractivity contribution in [2.45, 2.75) is 36.7 Å². The number of hydrogen-bond acceptors (Lipinski definition) is 5. The number of rotatable bonds is 7. The lowest BCUT2D eigenvalue weighted by atomic mass is 9.95. The van der Waals surface area contributed by atoms with E-state index in [1.54, 1.807) is 30.3 Å². The van der Waals surface area contributed by atoms with Crippen LogP contribution in [-0.2, 0) is 19.6 Å². The molecule has 1 atom stereocenters. The molecule has 2 aliphatic heterocycles. The largest absolute Gasteiger partial charge is 0.377 e. The molecular weight excluding hydrogens is 433 g/mol. The fourth-order valence-electron chi connectivity index (χ4n) is 4.14. The SMILES string of the molecule is O=C(Nc1ccc(S(=O)(=O)NCC2CCCO2)cc1)C1CCN(c2ccccc2F)CC1. The summed E-state index contributed by atoms with van der Waals surface area (Å²) in [6, 6.07) is 12.8. The topological polar surface area (TPSA) is 87.7 Å². The molecule has 1 unspecified atom stereocenters. The quantitative estimate of drug-likeness (QED) is 0.662. The van der Waals surface area contributed by atoms with Crippen molar-refractivity contribution in [1.29, 1.82) is 0 Å². The van der Waals surface area contributed by atoms with Crippen molar-refractivity contribution in [3.05, 3.63) is 54.3 Å². The molecule has 2 aromatic rings. The van der Waals surface area contributed by atoms with Crippen LogP contribution in [0.3, 0.4) is 0 Å². The van der Waals surface area contributed by atoms with E-state index in [4.69, 9.17) is 4.74 Å². The molecule has 4 rings (SSSR count). The Kier molecular flexibility index (Phi) is 7.07. The van der Waals surface area contributed by atoms with E-state index in [9.17, 15) is 17.6 Å². The number of carbonyl (C=O) groups is 1. The highest BCUT2D eigenvalue weighted by Gasteiger charge is 2.26. The zero-order valence-corrected chi connectivity index (χ0v) is 18.6. The second-order valence-corrected chi connectivity index (χ2v) is 9.98. The summed E-state index contributed by atoms with van der Waals surface area (Å²) in [7, 11) is -3.63. The van der Waals surface area contributed by atoms with Gasteiger partial charge in [-0.05, 0) is 62.1 Å². The Morgan fingerprint density at radius 1 is 1.06 bits per heavy atom. The second kappa shape index (κ2) is 9.97. The molecule has 172 valence electrons. The Hall–Kier alpha value is -2.49. The summed E-state index contributed by atoms with van der Waals surface area (Å²) in [4.78, 5) is 14.8. The average molecular weight is 462 g/mol. The maximum absolute atomic E-state index is 14.0. The Balaban J connectivity index is 1.29. The number of piperidine rings is 1. The van der Waals surface area contributed by atoms with Crippen LogP contribution < -0.4 is 14.9 Å². The number of sulfonamides is 1. The summed E-state index contributed by atoms with van der Waals surface area (Å²) < 4.78 is 46.9. The number of hydrogen-bond donors (Lipinski definition) is 2. The fraction of sp³-hybridized carbons (Fsp3) is 0.435. The van der Waals surface area contributed by atoms with Crippen molar-refractivity contribution in [3.8, 4) is 0 Å². The first-order chi connectivity index (χ1) is 15.4. The third kappa shape index (κ3) is 5.46. The first-order valence-corrected chi connectivity index (χ1v) is 12.4. The maximum atomic E-state index is 14.0. The smallest absolute Gasteiger partial charge is 0.240 e. The number of carbonyl (C=O) groups excluding carboxylic acids is 1. The van der Waals surface area contributed by atoms with Crippen molar-refractivity contribution in [2.75, 3.05) is 36.5 Å². The van der Waals surface area contributed by atoms with Crippen molar-refractivity contribution in [1.82, 2.24) is 4.72 Å². The summed E-state index contributed by atoms with van der Waals surface area (Å²) >= 11 is 0. The van der Waals surface area contributed by atoms with E-state index < -0.39 is 10.0 Å². The van der Waals surface area contributed by atoms with Crippen LogP contribution in [0, 0.1) is 11.7 Å². The molecule has 0 spiro atoms. The van der Waals surface area contributed by atoms with Gasteiger partial charge in [0.2, 0.25) is 15.9 Å². The fourth-order valence-corrected chi connectivity index (χ4v) is 5.21. The third-order valence-electron chi connectivity index (χ3n) is 6.02. The van der Waals surface area contributed by atoms with Gasteiger partial charge >= 0.3 is 0 Å². The Morgan fingerprint density at radius 2 is 1.78 bits per heavy atom. The van der Waals surface area contributed by atoms with Crippen molar-refractivity contribution in [2.24, 2.45) is 5.92 Å². The number of amides is 1. The van der Waals surface area contributed by atoms with Crippen molar-refractivity contribution >= 4 is 27.3 Å². The van der Waals surface area contributed by atoms with Gasteiger partial charge in [-0.1, -0.05) is 12.1 Å². The minimum Gasteiger partial charge on any atom is -0.377 e. The van der Waals surface area contributed by atoms with Gasteiger partial charge in [-0.2, -0.15) is 0 Å². The summed E-state index contributed by atoms with van der Waals surface area (Å²) in [5.74, 6) is -0.532. The molecule has 9 heteroatoms. The van der Waals surface area contributed by atoms with E-state index in [0.29, 0.717) is 43.9 Å². The van der Waals surface area contributed by atoms with Gasteiger partial charge in [0.05, 0.1) is 16.7 Å². The lowest BCUT2D eigenvalue weighted by molar-refractivity contribution is -0.120. The monoisotopic (exact) mass is 461 g/mol. The number of nitrogens with one attached hydrogen (secondary N) is 2. The van der Waals surface area contributed by atoms with Crippen LogP contribution in [0.5, 0.6) is 0 Å². The van der Waals surface area contributed by atoms with E-state index in [2.05, 4.69) is 10.0 Å².